The van der Waals surface area contributed by atoms with Gasteiger partial charge in [0, 0.05) is 6.42 Å². The number of aliphatic hydroxyl groups excluding tert-OH is 1. The van der Waals surface area contributed by atoms with Crippen LogP contribution >= 0.6 is 0 Å². The van der Waals surface area contributed by atoms with Crippen LogP contribution in [0.5, 0.6) is 0 Å². The number of hydrogen-bond acceptors (Lipinski definition) is 1. The monoisotopic (exact) mass is 172 g/mol. The third kappa shape index (κ3) is 0.937. The van der Waals surface area contributed by atoms with Crippen LogP contribution in [0.15, 0.2) is 0 Å². The Bertz CT molecular complexity index is 174. The lowest BCUT2D eigenvalue weighted by Crippen LogP contribution is -2.34. The zero-order chi connectivity index (χ0) is 8.91. The third-order valence-electron chi connectivity index (χ3n) is 2.32. The van der Waals surface area contributed by atoms with Gasteiger partial charge in [-0.1, -0.05) is 0 Å². The quantitative estimate of drug-likeness (QED) is 0.596. The molecule has 1 rings (SSSR count). The molecule has 2 atom stereocenters. The van der Waals surface area contributed by atoms with Gasteiger partial charge in [0.25, 0.3) is 0 Å². The van der Waals surface area contributed by atoms with E-state index in [0.29, 0.717) is 0 Å². The van der Waals surface area contributed by atoms with Gasteiger partial charge in [0.2, 0.25) is 0 Å². The summed E-state index contributed by atoms with van der Waals surface area (Å²) in [6, 6.07) is 0. The standard InChI is InChI=1S/C6H8F4O/c1-4(7)2-5(4,3-11)6(8,9)10/h11H,2-3H2,1H3. The Morgan fingerprint density at radius 3 is 1.82 bits per heavy atom. The molecule has 0 heterocycles. The molecule has 0 aromatic rings. The molecule has 1 fully saturated rings. The maximum atomic E-state index is 12.7. The van der Waals surface area contributed by atoms with E-state index >= 15 is 0 Å². The summed E-state index contributed by atoms with van der Waals surface area (Å²) >= 11 is 0. The van der Waals surface area contributed by atoms with Crippen molar-refractivity contribution < 1.29 is 22.7 Å². The molecule has 2 unspecified atom stereocenters. The van der Waals surface area contributed by atoms with Crippen molar-refractivity contribution in [2.24, 2.45) is 5.41 Å². The van der Waals surface area contributed by atoms with Gasteiger partial charge >= 0.3 is 6.18 Å². The van der Waals surface area contributed by atoms with Crippen molar-refractivity contribution in [1.82, 2.24) is 0 Å². The van der Waals surface area contributed by atoms with Crippen LogP contribution in [0, 0.1) is 5.41 Å². The van der Waals surface area contributed by atoms with Crippen LogP contribution in [0.3, 0.4) is 0 Å². The number of halogens is 4. The van der Waals surface area contributed by atoms with Gasteiger partial charge < -0.3 is 5.11 Å². The van der Waals surface area contributed by atoms with Crippen molar-refractivity contribution in [3.63, 3.8) is 0 Å². The summed E-state index contributed by atoms with van der Waals surface area (Å²) in [5, 5.41) is 8.37. The van der Waals surface area contributed by atoms with Crippen molar-refractivity contribution in [2.75, 3.05) is 6.61 Å². The lowest BCUT2D eigenvalue weighted by atomic mass is 10.0. The molecule has 0 aliphatic heterocycles. The highest BCUT2D eigenvalue weighted by Gasteiger charge is 2.79. The molecule has 0 saturated heterocycles. The molecule has 11 heavy (non-hydrogen) atoms. The number of hydrogen-bond donors (Lipinski definition) is 1. The van der Waals surface area contributed by atoms with Crippen LogP contribution in [0.2, 0.25) is 0 Å². The molecule has 1 aliphatic rings. The van der Waals surface area contributed by atoms with Crippen LogP contribution in [0.1, 0.15) is 13.3 Å². The lowest BCUT2D eigenvalue weighted by Gasteiger charge is -2.18. The average Bonchev–Trinajstić information content (AvgIpc) is 2.33. The van der Waals surface area contributed by atoms with Crippen LogP contribution in [0.25, 0.3) is 0 Å². The van der Waals surface area contributed by atoms with Crippen molar-refractivity contribution >= 4 is 0 Å². The molecule has 0 bridgehead atoms. The van der Waals surface area contributed by atoms with Crippen molar-refractivity contribution in [3.8, 4) is 0 Å². The Morgan fingerprint density at radius 2 is 1.82 bits per heavy atom. The fourth-order valence-electron chi connectivity index (χ4n) is 1.23. The van der Waals surface area contributed by atoms with Gasteiger partial charge in [0.1, 0.15) is 11.1 Å². The van der Waals surface area contributed by atoms with Gasteiger partial charge in [-0.2, -0.15) is 13.2 Å². The first-order chi connectivity index (χ1) is 4.77. The smallest absolute Gasteiger partial charge is 0.395 e. The molecule has 66 valence electrons. The van der Waals surface area contributed by atoms with E-state index < -0.39 is 30.3 Å². The highest BCUT2D eigenvalue weighted by Crippen LogP contribution is 2.66. The number of rotatable bonds is 1. The molecular weight excluding hydrogens is 164 g/mol. The van der Waals surface area contributed by atoms with Gasteiger partial charge in [-0.15, -0.1) is 0 Å². The minimum atomic E-state index is -4.63. The van der Waals surface area contributed by atoms with Gasteiger partial charge in [-0.25, -0.2) is 4.39 Å². The molecule has 1 N–H and O–H groups in total. The predicted octanol–water partition coefficient (Wildman–Crippen LogP) is 1.66. The molecular formula is C6H8F4O. The maximum Gasteiger partial charge on any atom is 0.399 e. The van der Waals surface area contributed by atoms with Crippen LogP contribution in [0.4, 0.5) is 17.6 Å². The minimum absolute atomic E-state index is 0.625. The fourth-order valence-corrected chi connectivity index (χ4v) is 1.23. The van der Waals surface area contributed by atoms with E-state index in [1.54, 1.807) is 0 Å². The molecule has 0 radical (unpaired) electrons. The zero-order valence-electron chi connectivity index (χ0n) is 5.87. The topological polar surface area (TPSA) is 20.2 Å². The first-order valence-corrected chi connectivity index (χ1v) is 3.13. The van der Waals surface area contributed by atoms with Crippen LogP contribution in [-0.4, -0.2) is 23.6 Å². The first-order valence-electron chi connectivity index (χ1n) is 3.13. The highest BCUT2D eigenvalue weighted by molar-refractivity contribution is 5.17. The minimum Gasteiger partial charge on any atom is -0.395 e. The second-order valence-electron chi connectivity index (χ2n) is 3.11. The Morgan fingerprint density at radius 1 is 1.45 bits per heavy atom. The Labute approximate surface area is 61.0 Å². The van der Waals surface area contributed by atoms with Crippen molar-refractivity contribution in [1.29, 1.82) is 0 Å². The van der Waals surface area contributed by atoms with E-state index in [-0.39, 0.29) is 0 Å². The summed E-state index contributed by atoms with van der Waals surface area (Å²) in [6.07, 6.45) is -5.26. The van der Waals surface area contributed by atoms with E-state index in [2.05, 4.69) is 0 Å². The summed E-state index contributed by atoms with van der Waals surface area (Å²) in [4.78, 5) is 0. The third-order valence-corrected chi connectivity index (χ3v) is 2.32. The average molecular weight is 172 g/mol. The predicted molar refractivity (Wildman–Crippen MR) is 29.7 cm³/mol. The second-order valence-corrected chi connectivity index (χ2v) is 3.11. The van der Waals surface area contributed by atoms with E-state index in [4.69, 9.17) is 5.11 Å². The molecule has 1 aliphatic carbocycles. The zero-order valence-corrected chi connectivity index (χ0v) is 5.87. The number of alkyl halides is 4. The highest BCUT2D eigenvalue weighted by atomic mass is 19.4. The second kappa shape index (κ2) is 1.88. The van der Waals surface area contributed by atoms with Crippen molar-refractivity contribution in [3.05, 3.63) is 0 Å². The van der Waals surface area contributed by atoms with Crippen molar-refractivity contribution in [2.45, 2.75) is 25.2 Å². The molecule has 5 heteroatoms. The van der Waals surface area contributed by atoms with Gasteiger partial charge in [-0.3, -0.25) is 0 Å². The van der Waals surface area contributed by atoms with E-state index in [1.807, 2.05) is 0 Å². The van der Waals surface area contributed by atoms with Gasteiger partial charge in [0.15, 0.2) is 0 Å². The number of aliphatic hydroxyl groups is 1. The summed E-state index contributed by atoms with van der Waals surface area (Å²) in [5.41, 5.74) is -4.76. The molecule has 0 aromatic heterocycles. The summed E-state index contributed by atoms with van der Waals surface area (Å²) in [5.74, 6) is 0. The molecule has 0 spiro atoms. The summed E-state index contributed by atoms with van der Waals surface area (Å²) in [6.45, 7) is -0.305. The maximum absolute atomic E-state index is 12.7. The summed E-state index contributed by atoms with van der Waals surface area (Å²) < 4.78 is 48.7. The largest absolute Gasteiger partial charge is 0.399 e. The van der Waals surface area contributed by atoms with E-state index in [9.17, 15) is 17.6 Å². The Kier molecular flexibility index (Phi) is 1.50. The van der Waals surface area contributed by atoms with E-state index in [1.165, 1.54) is 0 Å². The fraction of sp³-hybridized carbons (Fsp3) is 1.00. The first kappa shape index (κ1) is 8.77. The van der Waals surface area contributed by atoms with Crippen LogP contribution < -0.4 is 0 Å². The Hall–Kier alpha value is -0.320. The molecule has 1 saturated carbocycles. The SMILES string of the molecule is CC1(F)CC1(CO)C(F)(F)F. The Balaban J connectivity index is 2.84. The molecule has 1 nitrogen and oxygen atoms in total. The normalized spacial score (nSPS) is 44.2. The van der Waals surface area contributed by atoms with Gasteiger partial charge in [-0.05, 0) is 6.92 Å². The van der Waals surface area contributed by atoms with E-state index in [0.717, 1.165) is 6.92 Å². The van der Waals surface area contributed by atoms with Crippen LogP contribution in [-0.2, 0) is 0 Å². The lowest BCUT2D eigenvalue weighted by molar-refractivity contribution is -0.209. The summed E-state index contributed by atoms with van der Waals surface area (Å²) in [7, 11) is 0. The molecule has 0 aromatic carbocycles. The molecule has 0 amide bonds. The van der Waals surface area contributed by atoms with Gasteiger partial charge in [0.05, 0.1) is 6.61 Å².